The van der Waals surface area contributed by atoms with Crippen molar-refractivity contribution in [1.82, 2.24) is 10.2 Å². The fourth-order valence-corrected chi connectivity index (χ4v) is 3.31. The first-order valence-corrected chi connectivity index (χ1v) is 9.43. The molecule has 3 rings (SSSR count). The number of benzene rings is 2. The van der Waals surface area contributed by atoms with Crippen LogP contribution in [-0.2, 0) is 4.74 Å². The summed E-state index contributed by atoms with van der Waals surface area (Å²) >= 11 is 5.29. The number of morpholine rings is 1. The lowest BCUT2D eigenvalue weighted by Crippen LogP contribution is -2.44. The van der Waals surface area contributed by atoms with E-state index in [4.69, 9.17) is 21.7 Å². The van der Waals surface area contributed by atoms with E-state index in [0.29, 0.717) is 19.8 Å². The topological polar surface area (TPSA) is 45.8 Å². The van der Waals surface area contributed by atoms with Gasteiger partial charge in [-0.15, -0.1) is 0 Å². The van der Waals surface area contributed by atoms with Crippen LogP contribution in [0.2, 0.25) is 0 Å². The number of thiocarbonyl (C=S) groups is 1. The van der Waals surface area contributed by atoms with Crippen molar-refractivity contribution in [3.8, 4) is 5.75 Å². The Bertz CT molecular complexity index is 799. The first-order valence-electron chi connectivity index (χ1n) is 9.02. The predicted octanol–water partition coefficient (Wildman–Crippen LogP) is 3.33. The highest BCUT2D eigenvalue weighted by molar-refractivity contribution is 7.80. The number of methoxy groups -OCH3 is 1. The van der Waals surface area contributed by atoms with Crippen LogP contribution in [0.4, 0.5) is 14.5 Å². The molecule has 1 aliphatic rings. The summed E-state index contributed by atoms with van der Waals surface area (Å²) in [6, 6.07) is 11.3. The van der Waals surface area contributed by atoms with E-state index in [2.05, 4.69) is 15.5 Å². The molecule has 1 unspecified atom stereocenters. The van der Waals surface area contributed by atoms with Crippen LogP contribution in [0.25, 0.3) is 0 Å². The summed E-state index contributed by atoms with van der Waals surface area (Å²) < 4.78 is 37.6. The van der Waals surface area contributed by atoms with Crippen LogP contribution in [0.5, 0.6) is 5.75 Å². The van der Waals surface area contributed by atoms with E-state index < -0.39 is 11.6 Å². The van der Waals surface area contributed by atoms with Crippen LogP contribution < -0.4 is 15.4 Å². The minimum absolute atomic E-state index is 0.0626. The van der Waals surface area contributed by atoms with Gasteiger partial charge >= 0.3 is 0 Å². The van der Waals surface area contributed by atoms with Gasteiger partial charge in [-0.2, -0.15) is 0 Å². The Labute approximate surface area is 168 Å². The van der Waals surface area contributed by atoms with Gasteiger partial charge in [0.1, 0.15) is 17.4 Å². The van der Waals surface area contributed by atoms with Crippen LogP contribution >= 0.6 is 12.2 Å². The number of hydrogen-bond acceptors (Lipinski definition) is 4. The quantitative estimate of drug-likeness (QED) is 0.717. The second-order valence-electron chi connectivity index (χ2n) is 6.40. The number of halogens is 2. The Hall–Kier alpha value is -2.29. The number of rotatable bonds is 6. The third-order valence-corrected chi connectivity index (χ3v) is 4.87. The van der Waals surface area contributed by atoms with Crippen molar-refractivity contribution in [3.05, 3.63) is 59.7 Å². The second kappa shape index (κ2) is 9.77. The predicted molar refractivity (Wildman–Crippen MR) is 109 cm³/mol. The Morgan fingerprint density at radius 3 is 2.54 bits per heavy atom. The zero-order valence-electron chi connectivity index (χ0n) is 15.6. The molecule has 1 saturated heterocycles. The fourth-order valence-electron chi connectivity index (χ4n) is 3.12. The molecule has 0 radical (unpaired) electrons. The largest absolute Gasteiger partial charge is 0.497 e. The normalized spacial score (nSPS) is 15.7. The number of nitrogens with zero attached hydrogens (tertiary/aromatic N) is 1. The molecule has 1 aliphatic heterocycles. The van der Waals surface area contributed by atoms with E-state index in [1.807, 2.05) is 24.3 Å². The van der Waals surface area contributed by atoms with Crippen LogP contribution in [-0.4, -0.2) is 50.0 Å². The maximum atomic E-state index is 13.8. The van der Waals surface area contributed by atoms with Crippen molar-refractivity contribution in [2.45, 2.75) is 6.04 Å². The van der Waals surface area contributed by atoms with Crippen molar-refractivity contribution < 1.29 is 18.3 Å². The van der Waals surface area contributed by atoms with Gasteiger partial charge in [0.2, 0.25) is 0 Å². The van der Waals surface area contributed by atoms with E-state index in [0.717, 1.165) is 30.5 Å². The summed E-state index contributed by atoms with van der Waals surface area (Å²) in [4.78, 5) is 2.32. The van der Waals surface area contributed by atoms with Gasteiger partial charge in [-0.25, -0.2) is 8.78 Å². The minimum Gasteiger partial charge on any atom is -0.497 e. The average molecular weight is 407 g/mol. The highest BCUT2D eigenvalue weighted by atomic mass is 32.1. The van der Waals surface area contributed by atoms with Crippen LogP contribution in [0.1, 0.15) is 11.6 Å². The van der Waals surface area contributed by atoms with Gasteiger partial charge < -0.3 is 20.1 Å². The molecule has 2 N–H and O–H groups in total. The highest BCUT2D eigenvalue weighted by Crippen LogP contribution is 2.24. The summed E-state index contributed by atoms with van der Waals surface area (Å²) in [5, 5.41) is 6.20. The van der Waals surface area contributed by atoms with E-state index in [9.17, 15) is 8.78 Å². The van der Waals surface area contributed by atoms with Crippen molar-refractivity contribution in [3.63, 3.8) is 0 Å². The van der Waals surface area contributed by atoms with Crippen molar-refractivity contribution in [1.29, 1.82) is 0 Å². The van der Waals surface area contributed by atoms with E-state index in [1.54, 1.807) is 7.11 Å². The maximum absolute atomic E-state index is 13.8. The van der Waals surface area contributed by atoms with Crippen LogP contribution in [0, 0.1) is 11.6 Å². The summed E-state index contributed by atoms with van der Waals surface area (Å²) in [5.74, 6) is -0.528. The molecular weight excluding hydrogens is 384 g/mol. The van der Waals surface area contributed by atoms with E-state index in [-0.39, 0.29) is 16.8 Å². The first kappa shape index (κ1) is 20.4. The van der Waals surface area contributed by atoms with Gasteiger partial charge in [-0.05, 0) is 42.0 Å². The molecule has 8 heteroatoms. The van der Waals surface area contributed by atoms with Crippen molar-refractivity contribution in [2.75, 3.05) is 45.3 Å². The molecule has 2 aromatic carbocycles. The van der Waals surface area contributed by atoms with Gasteiger partial charge in [-0.3, -0.25) is 4.90 Å². The first-order chi connectivity index (χ1) is 13.6. The van der Waals surface area contributed by atoms with E-state index >= 15 is 0 Å². The third-order valence-electron chi connectivity index (χ3n) is 4.62. The zero-order chi connectivity index (χ0) is 19.9. The molecule has 2 aromatic rings. The lowest BCUT2D eigenvalue weighted by Gasteiger charge is -2.35. The van der Waals surface area contributed by atoms with Gasteiger partial charge in [0.15, 0.2) is 5.11 Å². The lowest BCUT2D eigenvalue weighted by molar-refractivity contribution is 0.0170. The Kier molecular flexibility index (Phi) is 7.13. The molecule has 0 saturated carbocycles. The molecule has 0 spiro atoms. The van der Waals surface area contributed by atoms with Gasteiger partial charge in [0.25, 0.3) is 0 Å². The van der Waals surface area contributed by atoms with Gasteiger partial charge in [0, 0.05) is 25.7 Å². The van der Waals surface area contributed by atoms with Gasteiger partial charge in [0.05, 0.1) is 32.1 Å². The standard InChI is InChI=1S/C20H23F2N3O2S/c1-26-16-5-2-14(3-6-16)19(25-8-10-27-11-9-25)13-23-20(28)24-18-7-4-15(21)12-17(18)22/h2-7,12,19H,8-11,13H2,1H3,(H2,23,24,28). The van der Waals surface area contributed by atoms with Crippen molar-refractivity contribution in [2.24, 2.45) is 0 Å². The molecule has 1 fully saturated rings. The lowest BCUT2D eigenvalue weighted by atomic mass is 10.0. The summed E-state index contributed by atoms with van der Waals surface area (Å²) in [6.07, 6.45) is 0. The SMILES string of the molecule is COc1ccc(C(CNC(=S)Nc2ccc(F)cc2F)N2CCOCC2)cc1. The van der Waals surface area contributed by atoms with Gasteiger partial charge in [-0.1, -0.05) is 12.1 Å². The Morgan fingerprint density at radius 1 is 1.18 bits per heavy atom. The molecule has 28 heavy (non-hydrogen) atoms. The molecule has 150 valence electrons. The average Bonchev–Trinajstić information content (AvgIpc) is 2.71. The summed E-state index contributed by atoms with van der Waals surface area (Å²) in [6.45, 7) is 3.50. The van der Waals surface area contributed by atoms with Crippen LogP contribution in [0.3, 0.4) is 0 Å². The number of nitrogens with one attached hydrogen (secondary N) is 2. The Balaban J connectivity index is 1.67. The number of ether oxygens (including phenoxy) is 2. The molecule has 0 aliphatic carbocycles. The van der Waals surface area contributed by atoms with Crippen LogP contribution in [0.15, 0.2) is 42.5 Å². The number of anilines is 1. The number of hydrogen-bond donors (Lipinski definition) is 2. The molecule has 1 atom stereocenters. The summed E-state index contributed by atoms with van der Waals surface area (Å²) in [5.41, 5.74) is 1.25. The smallest absolute Gasteiger partial charge is 0.170 e. The highest BCUT2D eigenvalue weighted by Gasteiger charge is 2.23. The van der Waals surface area contributed by atoms with E-state index in [1.165, 1.54) is 12.1 Å². The molecule has 1 heterocycles. The molecule has 0 bridgehead atoms. The molecule has 0 amide bonds. The summed E-state index contributed by atoms with van der Waals surface area (Å²) in [7, 11) is 1.63. The second-order valence-corrected chi connectivity index (χ2v) is 6.80. The third kappa shape index (κ3) is 5.37. The maximum Gasteiger partial charge on any atom is 0.170 e. The zero-order valence-corrected chi connectivity index (χ0v) is 16.4. The molecular formula is C20H23F2N3O2S. The molecule has 5 nitrogen and oxygen atoms in total. The monoisotopic (exact) mass is 407 g/mol. The Morgan fingerprint density at radius 2 is 1.89 bits per heavy atom. The minimum atomic E-state index is -0.691. The van der Waals surface area contributed by atoms with Crippen molar-refractivity contribution >= 4 is 23.0 Å². The fraction of sp³-hybridized carbons (Fsp3) is 0.350. The molecule has 0 aromatic heterocycles.